The highest BCUT2D eigenvalue weighted by molar-refractivity contribution is 7.98. The molecule has 0 atom stereocenters. The number of thioether (sulfide) groups is 1. The van der Waals surface area contributed by atoms with Crippen LogP contribution in [0.2, 0.25) is 0 Å². The molecule has 1 heterocycles. The molecule has 0 saturated carbocycles. The highest BCUT2D eigenvalue weighted by Gasteiger charge is 2.03. The van der Waals surface area contributed by atoms with Gasteiger partial charge in [-0.2, -0.15) is 4.98 Å². The first-order valence-electron chi connectivity index (χ1n) is 5.44. The lowest BCUT2D eigenvalue weighted by Gasteiger charge is -2.10. The van der Waals surface area contributed by atoms with Crippen molar-refractivity contribution in [2.45, 2.75) is 11.8 Å². The molecule has 18 heavy (non-hydrogen) atoms. The predicted molar refractivity (Wildman–Crippen MR) is 76.1 cm³/mol. The number of anilines is 3. The summed E-state index contributed by atoms with van der Waals surface area (Å²) in [6.07, 6.45) is 3.77. The zero-order valence-corrected chi connectivity index (χ0v) is 11.1. The average Bonchev–Trinajstić information content (AvgIpc) is 2.41. The largest absolute Gasteiger partial charge is 0.340 e. The van der Waals surface area contributed by atoms with Gasteiger partial charge in [-0.15, -0.1) is 11.8 Å². The van der Waals surface area contributed by atoms with E-state index in [-0.39, 0.29) is 0 Å². The van der Waals surface area contributed by atoms with Crippen LogP contribution in [0.1, 0.15) is 5.56 Å². The number of hydrazine groups is 1. The van der Waals surface area contributed by atoms with Crippen LogP contribution in [0.5, 0.6) is 0 Å². The molecule has 0 spiro atoms. The van der Waals surface area contributed by atoms with Crippen LogP contribution in [0.25, 0.3) is 0 Å². The molecule has 2 rings (SSSR count). The molecule has 0 fully saturated rings. The van der Waals surface area contributed by atoms with Crippen LogP contribution < -0.4 is 16.6 Å². The van der Waals surface area contributed by atoms with Gasteiger partial charge < -0.3 is 5.32 Å². The van der Waals surface area contributed by atoms with E-state index in [4.69, 9.17) is 5.84 Å². The van der Waals surface area contributed by atoms with Gasteiger partial charge in [-0.05, 0) is 31.4 Å². The number of hydrogen-bond acceptors (Lipinski definition) is 6. The van der Waals surface area contributed by atoms with Crippen molar-refractivity contribution >= 4 is 29.2 Å². The fraction of sp³-hybridized carbons (Fsp3) is 0.167. The van der Waals surface area contributed by atoms with Crippen molar-refractivity contribution < 1.29 is 0 Å². The van der Waals surface area contributed by atoms with E-state index in [1.54, 1.807) is 18.0 Å². The second-order valence-electron chi connectivity index (χ2n) is 3.73. The predicted octanol–water partition coefficient (Wildman–Crippen LogP) is 2.54. The topological polar surface area (TPSA) is 75.9 Å². The minimum atomic E-state index is 0.393. The van der Waals surface area contributed by atoms with E-state index < -0.39 is 0 Å². The normalized spacial score (nSPS) is 10.2. The molecular weight excluding hydrogens is 246 g/mol. The number of nitrogens with zero attached hydrogens (tertiary/aromatic N) is 2. The van der Waals surface area contributed by atoms with Gasteiger partial charge in [-0.1, -0.05) is 6.07 Å². The molecule has 0 aliphatic carbocycles. The van der Waals surface area contributed by atoms with Crippen molar-refractivity contribution in [3.05, 3.63) is 36.0 Å². The van der Waals surface area contributed by atoms with E-state index in [0.717, 1.165) is 17.1 Å². The molecule has 0 saturated heterocycles. The SMILES string of the molecule is CSc1cccc(Nc2nc(NN)ncc2C)c1. The minimum Gasteiger partial charge on any atom is -0.340 e. The van der Waals surface area contributed by atoms with E-state index in [9.17, 15) is 0 Å². The summed E-state index contributed by atoms with van der Waals surface area (Å²) in [6, 6.07) is 8.14. The van der Waals surface area contributed by atoms with Gasteiger partial charge in [0.05, 0.1) is 0 Å². The fourth-order valence-corrected chi connectivity index (χ4v) is 1.94. The van der Waals surface area contributed by atoms with Gasteiger partial charge in [0.15, 0.2) is 0 Å². The van der Waals surface area contributed by atoms with Crippen LogP contribution >= 0.6 is 11.8 Å². The molecule has 0 bridgehead atoms. The van der Waals surface area contributed by atoms with Crippen molar-refractivity contribution in [2.75, 3.05) is 17.0 Å². The summed E-state index contributed by atoms with van der Waals surface area (Å²) in [7, 11) is 0. The molecule has 0 aliphatic heterocycles. The quantitative estimate of drug-likeness (QED) is 0.446. The van der Waals surface area contributed by atoms with Crippen molar-refractivity contribution in [2.24, 2.45) is 5.84 Å². The molecule has 4 N–H and O–H groups in total. The van der Waals surface area contributed by atoms with Crippen LogP contribution in [-0.4, -0.2) is 16.2 Å². The number of benzene rings is 1. The van der Waals surface area contributed by atoms with E-state index >= 15 is 0 Å². The van der Waals surface area contributed by atoms with E-state index in [2.05, 4.69) is 32.8 Å². The monoisotopic (exact) mass is 261 g/mol. The lowest BCUT2D eigenvalue weighted by molar-refractivity contribution is 1.09. The van der Waals surface area contributed by atoms with Crippen LogP contribution in [-0.2, 0) is 0 Å². The van der Waals surface area contributed by atoms with Crippen molar-refractivity contribution in [1.82, 2.24) is 9.97 Å². The van der Waals surface area contributed by atoms with E-state index in [0.29, 0.717) is 5.95 Å². The van der Waals surface area contributed by atoms with Crippen LogP contribution in [0.3, 0.4) is 0 Å². The van der Waals surface area contributed by atoms with Crippen LogP contribution in [0.15, 0.2) is 35.4 Å². The molecule has 0 radical (unpaired) electrons. The Balaban J connectivity index is 2.27. The van der Waals surface area contributed by atoms with E-state index in [1.807, 2.05) is 25.3 Å². The van der Waals surface area contributed by atoms with Crippen molar-refractivity contribution in [3.8, 4) is 0 Å². The molecule has 5 nitrogen and oxygen atoms in total. The Labute approximate surface area is 110 Å². The maximum Gasteiger partial charge on any atom is 0.239 e. The Morgan fingerprint density at radius 1 is 1.33 bits per heavy atom. The number of rotatable bonds is 4. The van der Waals surface area contributed by atoms with Gasteiger partial charge in [0.1, 0.15) is 5.82 Å². The summed E-state index contributed by atoms with van der Waals surface area (Å²) in [4.78, 5) is 9.52. The molecule has 0 unspecified atom stereocenters. The zero-order chi connectivity index (χ0) is 13.0. The van der Waals surface area contributed by atoms with Gasteiger partial charge in [0.25, 0.3) is 0 Å². The van der Waals surface area contributed by atoms with Gasteiger partial charge >= 0.3 is 0 Å². The Morgan fingerprint density at radius 2 is 2.17 bits per heavy atom. The Kier molecular flexibility index (Phi) is 4.01. The highest BCUT2D eigenvalue weighted by atomic mass is 32.2. The first-order valence-corrected chi connectivity index (χ1v) is 6.66. The van der Waals surface area contributed by atoms with Crippen molar-refractivity contribution in [3.63, 3.8) is 0 Å². The third kappa shape index (κ3) is 2.91. The standard InChI is InChI=1S/C12H15N5S/c1-8-7-14-12(17-13)16-11(8)15-9-4-3-5-10(6-9)18-2/h3-7H,13H2,1-2H3,(H2,14,15,16,17). The summed E-state index contributed by atoms with van der Waals surface area (Å²) < 4.78 is 0. The Morgan fingerprint density at radius 3 is 2.89 bits per heavy atom. The minimum absolute atomic E-state index is 0.393. The third-order valence-corrected chi connectivity index (χ3v) is 3.16. The average molecular weight is 261 g/mol. The summed E-state index contributed by atoms with van der Waals surface area (Å²) >= 11 is 1.70. The fourth-order valence-electron chi connectivity index (χ4n) is 1.48. The van der Waals surface area contributed by atoms with Gasteiger partial charge in [-0.3, -0.25) is 5.43 Å². The smallest absolute Gasteiger partial charge is 0.239 e. The molecule has 94 valence electrons. The number of hydrogen-bond donors (Lipinski definition) is 3. The summed E-state index contributed by atoms with van der Waals surface area (Å²) in [6.45, 7) is 1.95. The summed E-state index contributed by atoms with van der Waals surface area (Å²) in [5.41, 5.74) is 4.39. The maximum absolute atomic E-state index is 5.30. The van der Waals surface area contributed by atoms with Crippen molar-refractivity contribution in [1.29, 1.82) is 0 Å². The number of aryl methyl sites for hydroxylation is 1. The van der Waals surface area contributed by atoms with Gasteiger partial charge in [-0.25, -0.2) is 10.8 Å². The first-order chi connectivity index (χ1) is 8.72. The van der Waals surface area contributed by atoms with E-state index in [1.165, 1.54) is 4.90 Å². The first kappa shape index (κ1) is 12.7. The Hall–Kier alpha value is -1.79. The molecular formula is C12H15N5S. The summed E-state index contributed by atoms with van der Waals surface area (Å²) in [5, 5.41) is 3.26. The van der Waals surface area contributed by atoms with Gasteiger partial charge in [0.2, 0.25) is 5.95 Å². The molecule has 1 aromatic carbocycles. The summed E-state index contributed by atoms with van der Waals surface area (Å²) in [5.74, 6) is 6.44. The van der Waals surface area contributed by atoms with Gasteiger partial charge in [0, 0.05) is 22.3 Å². The Bertz CT molecular complexity index is 544. The molecule has 6 heteroatoms. The second kappa shape index (κ2) is 5.70. The number of nitrogens with two attached hydrogens (primary N) is 1. The molecule has 0 amide bonds. The second-order valence-corrected chi connectivity index (χ2v) is 4.61. The maximum atomic E-state index is 5.30. The lowest BCUT2D eigenvalue weighted by atomic mass is 10.3. The number of nitrogens with one attached hydrogen (secondary N) is 2. The molecule has 0 aliphatic rings. The third-order valence-electron chi connectivity index (χ3n) is 2.43. The number of aromatic nitrogens is 2. The molecule has 2 aromatic rings. The van der Waals surface area contributed by atoms with Crippen LogP contribution in [0.4, 0.5) is 17.5 Å². The zero-order valence-electron chi connectivity index (χ0n) is 10.3. The molecule has 1 aromatic heterocycles. The lowest BCUT2D eigenvalue weighted by Crippen LogP contribution is -2.11. The number of nitrogen functional groups attached to an aromatic ring is 1. The highest BCUT2D eigenvalue weighted by Crippen LogP contribution is 2.23. The van der Waals surface area contributed by atoms with Crippen LogP contribution in [0, 0.1) is 6.92 Å².